The predicted octanol–water partition coefficient (Wildman–Crippen LogP) is 0.869. The lowest BCUT2D eigenvalue weighted by molar-refractivity contribution is -0.150. The molecule has 0 bridgehead atoms. The number of nitrogen functional groups attached to an aromatic ring is 1. The maximum absolute atomic E-state index is 13.4. The number of nitrogens with zero attached hydrogens (tertiary/aromatic N) is 6. The summed E-state index contributed by atoms with van der Waals surface area (Å²) in [5, 5.41) is 49.9. The Hall–Kier alpha value is -5.39. The Labute approximate surface area is 298 Å². The van der Waals surface area contributed by atoms with Crippen molar-refractivity contribution in [3.63, 3.8) is 0 Å². The standard InChI is InChI=1S/C28H24N8O11S4/c1-11-4-18(32-22-14(26(41)42)6-30-36(11)22)48-7-12-8-49-25-20(24(40)35(25)21(12)27(43)44)33-23(39)19(15-9-50-28(29)31-15)34-47-10-51(45,46)13-2-3-16(37)17(38)5-13/h2-6,9,20,25,37-38H,7-8,10H2,1H3,(H2,29,31)(H,33,39)(H,41,42)(H,43,44)/b34-19+/t20-,25-/m1/s1. The van der Waals surface area contributed by atoms with E-state index in [2.05, 4.69) is 25.5 Å². The Morgan fingerprint density at radius 3 is 2.59 bits per heavy atom. The molecule has 0 radical (unpaired) electrons. The monoisotopic (exact) mass is 776 g/mol. The number of nitrogens with one attached hydrogen (secondary N) is 1. The normalized spacial score (nSPS) is 17.6. The van der Waals surface area contributed by atoms with Gasteiger partial charge in [0.05, 0.1) is 11.1 Å². The molecular formula is C28H24N8O11S4. The molecule has 2 aliphatic heterocycles. The second-order valence-electron chi connectivity index (χ2n) is 10.8. The molecule has 2 atom stereocenters. The molecule has 266 valence electrons. The second kappa shape index (κ2) is 13.7. The van der Waals surface area contributed by atoms with E-state index >= 15 is 0 Å². The molecule has 0 saturated carbocycles. The van der Waals surface area contributed by atoms with Crippen molar-refractivity contribution in [2.24, 2.45) is 5.16 Å². The van der Waals surface area contributed by atoms with Gasteiger partial charge in [-0.05, 0) is 30.7 Å². The number of β-lactam (4-membered cyclic amide) rings is 1. The van der Waals surface area contributed by atoms with Crippen LogP contribution >= 0.6 is 34.9 Å². The quantitative estimate of drug-likeness (QED) is 0.0290. The van der Waals surface area contributed by atoms with Crippen LogP contribution in [0.5, 0.6) is 11.5 Å². The van der Waals surface area contributed by atoms with Crippen LogP contribution in [-0.2, 0) is 29.1 Å². The zero-order chi connectivity index (χ0) is 36.8. The lowest BCUT2D eigenvalue weighted by Crippen LogP contribution is -2.71. The van der Waals surface area contributed by atoms with Crippen LogP contribution in [0.15, 0.2) is 62.2 Å². The number of amides is 2. The number of thioether (sulfide) groups is 2. The Bertz CT molecular complexity index is 2300. The van der Waals surface area contributed by atoms with Gasteiger partial charge in [0.15, 0.2) is 28.0 Å². The lowest BCUT2D eigenvalue weighted by Gasteiger charge is -2.49. The number of aliphatic carboxylic acids is 1. The largest absolute Gasteiger partial charge is 0.504 e. The number of aryl methyl sites for hydroxylation is 1. The highest BCUT2D eigenvalue weighted by atomic mass is 32.2. The van der Waals surface area contributed by atoms with Gasteiger partial charge in [-0.2, -0.15) is 5.10 Å². The van der Waals surface area contributed by atoms with Crippen LogP contribution in [0.3, 0.4) is 0 Å². The minimum Gasteiger partial charge on any atom is -0.504 e. The van der Waals surface area contributed by atoms with Crippen LogP contribution in [-0.4, -0.2) is 112 Å². The molecule has 0 aliphatic carbocycles. The summed E-state index contributed by atoms with van der Waals surface area (Å²) < 4.78 is 26.8. The summed E-state index contributed by atoms with van der Waals surface area (Å²) in [5.74, 6) is -6.31. The van der Waals surface area contributed by atoms with Gasteiger partial charge in [0, 0.05) is 28.6 Å². The summed E-state index contributed by atoms with van der Waals surface area (Å²) in [6.45, 7) is 1.71. The number of anilines is 1. The number of carbonyl (C=O) groups excluding carboxylic acids is 2. The third kappa shape index (κ3) is 6.87. The van der Waals surface area contributed by atoms with Gasteiger partial charge < -0.3 is 36.3 Å². The van der Waals surface area contributed by atoms with E-state index in [9.17, 15) is 48.0 Å². The third-order valence-electron chi connectivity index (χ3n) is 7.44. The molecule has 0 unspecified atom stereocenters. The predicted molar refractivity (Wildman–Crippen MR) is 181 cm³/mol. The first-order valence-electron chi connectivity index (χ1n) is 14.2. The average Bonchev–Trinajstić information content (AvgIpc) is 3.71. The van der Waals surface area contributed by atoms with Crippen molar-refractivity contribution in [3.05, 3.63) is 64.1 Å². The van der Waals surface area contributed by atoms with Crippen molar-refractivity contribution in [1.29, 1.82) is 0 Å². The first-order valence-corrected chi connectivity index (χ1v) is 18.8. The van der Waals surface area contributed by atoms with Crippen LogP contribution in [0.2, 0.25) is 0 Å². The van der Waals surface area contributed by atoms with Gasteiger partial charge in [0.2, 0.25) is 15.8 Å². The van der Waals surface area contributed by atoms with Crippen molar-refractivity contribution >= 4 is 84.9 Å². The number of phenols is 2. The van der Waals surface area contributed by atoms with Crippen molar-refractivity contribution in [2.75, 3.05) is 23.2 Å². The van der Waals surface area contributed by atoms with Crippen LogP contribution < -0.4 is 11.1 Å². The van der Waals surface area contributed by atoms with Gasteiger partial charge in [-0.15, -0.1) is 34.9 Å². The fourth-order valence-corrected chi connectivity index (χ4v) is 8.88. The summed E-state index contributed by atoms with van der Waals surface area (Å²) in [6.07, 6.45) is 1.19. The molecule has 23 heteroatoms. The summed E-state index contributed by atoms with van der Waals surface area (Å²) in [4.78, 5) is 64.8. The van der Waals surface area contributed by atoms with E-state index in [1.807, 2.05) is 0 Å². The SMILES string of the molecule is Cc1cc(SCC2=C(C(=O)O)N3C(=O)[C@@H](NC(=O)/C(=N/OCS(=O)(=O)c4ccc(O)c(O)c4)c4csc(N)n4)[C@H]3SC2)nc2c(C(=O)O)cnn12. The maximum atomic E-state index is 13.4. The number of oxime groups is 1. The molecule has 7 N–H and O–H groups in total. The molecular weight excluding hydrogens is 753 g/mol. The molecule has 1 fully saturated rings. The number of carboxylic acids is 2. The van der Waals surface area contributed by atoms with Crippen LogP contribution in [0.1, 0.15) is 21.7 Å². The number of phenolic OH excluding ortho intramolecular Hbond substituents is 2. The molecule has 2 aliphatic rings. The van der Waals surface area contributed by atoms with Gasteiger partial charge in [-0.1, -0.05) is 5.16 Å². The molecule has 51 heavy (non-hydrogen) atoms. The lowest BCUT2D eigenvalue weighted by atomic mass is 10.0. The van der Waals surface area contributed by atoms with Crippen LogP contribution in [0, 0.1) is 6.92 Å². The highest BCUT2D eigenvalue weighted by Gasteiger charge is 2.54. The Kier molecular flexibility index (Phi) is 9.54. The number of thiazole rings is 1. The highest BCUT2D eigenvalue weighted by Crippen LogP contribution is 2.41. The van der Waals surface area contributed by atoms with Crippen molar-refractivity contribution in [3.8, 4) is 11.5 Å². The van der Waals surface area contributed by atoms with E-state index in [1.165, 1.54) is 27.9 Å². The number of aromatic carboxylic acids is 1. The summed E-state index contributed by atoms with van der Waals surface area (Å²) in [7, 11) is -4.23. The van der Waals surface area contributed by atoms with Crippen molar-refractivity contribution in [1.82, 2.24) is 29.8 Å². The smallest absolute Gasteiger partial charge is 0.352 e. The average molecular weight is 777 g/mol. The number of nitrogens with two attached hydrogens (primary N) is 1. The van der Waals surface area contributed by atoms with Gasteiger partial charge in [-0.3, -0.25) is 14.5 Å². The minimum atomic E-state index is -4.23. The third-order valence-corrected chi connectivity index (χ3v) is 11.8. The van der Waals surface area contributed by atoms with E-state index in [0.29, 0.717) is 16.3 Å². The number of carboxylic acid groups (broad SMARTS) is 2. The molecule has 1 saturated heterocycles. The molecule has 0 spiro atoms. The molecule has 3 aromatic heterocycles. The van der Waals surface area contributed by atoms with Gasteiger partial charge in [0.1, 0.15) is 33.4 Å². The molecule has 1 aromatic carbocycles. The van der Waals surface area contributed by atoms with Crippen molar-refractivity contribution in [2.45, 2.75) is 28.3 Å². The van der Waals surface area contributed by atoms with E-state index < -0.39 is 73.1 Å². The number of fused-ring (bicyclic) bond motifs is 2. The number of sulfone groups is 1. The van der Waals surface area contributed by atoms with E-state index in [-0.39, 0.29) is 39.2 Å². The summed E-state index contributed by atoms with van der Waals surface area (Å²) in [6, 6.07) is 3.28. The summed E-state index contributed by atoms with van der Waals surface area (Å²) in [5.41, 5.74) is 5.87. The number of hydrogen-bond donors (Lipinski definition) is 6. The second-order valence-corrected chi connectivity index (χ2v) is 15.7. The number of benzene rings is 1. The Morgan fingerprint density at radius 1 is 1.16 bits per heavy atom. The van der Waals surface area contributed by atoms with E-state index in [0.717, 1.165) is 46.2 Å². The number of aromatic hydroxyl groups is 2. The molecule has 2 amide bonds. The van der Waals surface area contributed by atoms with Gasteiger partial charge >= 0.3 is 11.9 Å². The van der Waals surface area contributed by atoms with E-state index in [4.69, 9.17) is 10.6 Å². The topological polar surface area (TPSA) is 289 Å². The first-order chi connectivity index (χ1) is 24.2. The Morgan fingerprint density at radius 2 is 1.92 bits per heavy atom. The number of aromatic nitrogens is 4. The van der Waals surface area contributed by atoms with Crippen LogP contribution in [0.25, 0.3) is 5.65 Å². The fourth-order valence-electron chi connectivity index (χ4n) is 5.00. The minimum absolute atomic E-state index is 0.0471. The number of carbonyl (C=O) groups is 4. The molecule has 4 aromatic rings. The van der Waals surface area contributed by atoms with Gasteiger partial charge in [-0.25, -0.2) is 32.5 Å². The first kappa shape index (κ1) is 35.4. The van der Waals surface area contributed by atoms with Crippen molar-refractivity contribution < 1.29 is 52.9 Å². The van der Waals surface area contributed by atoms with E-state index in [1.54, 1.807) is 13.0 Å². The van der Waals surface area contributed by atoms with Gasteiger partial charge in [0.25, 0.3) is 11.8 Å². The highest BCUT2D eigenvalue weighted by molar-refractivity contribution is 8.01. The fraction of sp³-hybridized carbons (Fsp3) is 0.214. The number of rotatable bonds is 12. The number of hydrogen-bond acceptors (Lipinski definition) is 17. The zero-order valence-corrected chi connectivity index (χ0v) is 29.0. The Balaban J connectivity index is 1.17. The summed E-state index contributed by atoms with van der Waals surface area (Å²) >= 11 is 3.30. The molecule has 5 heterocycles. The van der Waals surface area contributed by atoms with Crippen LogP contribution in [0.4, 0.5) is 5.13 Å². The zero-order valence-electron chi connectivity index (χ0n) is 25.8. The molecule has 19 nitrogen and oxygen atoms in total. The maximum Gasteiger partial charge on any atom is 0.352 e. The molecule has 6 rings (SSSR count).